The van der Waals surface area contributed by atoms with Gasteiger partial charge in [-0.1, -0.05) is 0 Å². The van der Waals surface area contributed by atoms with Crippen molar-refractivity contribution in [2.24, 2.45) is 0 Å². The molecule has 132 valence electrons. The van der Waals surface area contributed by atoms with Gasteiger partial charge in [0.25, 0.3) is 0 Å². The number of ether oxygens (including phenoxy) is 1. The topological polar surface area (TPSA) is 95.9 Å². The van der Waals surface area contributed by atoms with Crippen LogP contribution in [0.15, 0.2) is 12.3 Å². The molecule has 1 fully saturated rings. The van der Waals surface area contributed by atoms with Gasteiger partial charge in [-0.05, 0) is 38.4 Å². The van der Waals surface area contributed by atoms with Crippen molar-refractivity contribution in [1.82, 2.24) is 19.8 Å². The molecule has 1 amide bonds. The average molecular weight is 357 g/mol. The molecular formula is C15H21ClN4O4. The molecule has 1 saturated heterocycles. The van der Waals surface area contributed by atoms with E-state index in [2.05, 4.69) is 9.97 Å². The largest absolute Gasteiger partial charge is 0.480 e. The van der Waals surface area contributed by atoms with Crippen molar-refractivity contribution in [3.8, 4) is 0 Å². The van der Waals surface area contributed by atoms with E-state index >= 15 is 0 Å². The van der Waals surface area contributed by atoms with E-state index in [1.54, 1.807) is 31.7 Å². The van der Waals surface area contributed by atoms with Crippen LogP contribution in [0.5, 0.6) is 0 Å². The van der Waals surface area contributed by atoms with Crippen molar-refractivity contribution in [3.63, 3.8) is 0 Å². The van der Waals surface area contributed by atoms with Gasteiger partial charge in [-0.15, -0.1) is 0 Å². The van der Waals surface area contributed by atoms with Crippen molar-refractivity contribution in [1.29, 1.82) is 0 Å². The van der Waals surface area contributed by atoms with E-state index in [0.29, 0.717) is 25.3 Å². The summed E-state index contributed by atoms with van der Waals surface area (Å²) in [6.45, 7) is 6.48. The second-order valence-electron chi connectivity index (χ2n) is 6.57. The summed E-state index contributed by atoms with van der Waals surface area (Å²) in [5.41, 5.74) is 0.0111. The Bertz CT molecular complexity index is 620. The van der Waals surface area contributed by atoms with Crippen LogP contribution < -0.4 is 0 Å². The van der Waals surface area contributed by atoms with Gasteiger partial charge in [0.1, 0.15) is 11.6 Å². The zero-order chi connectivity index (χ0) is 17.9. The fraction of sp³-hybridized carbons (Fsp3) is 0.600. The molecule has 0 spiro atoms. The lowest BCUT2D eigenvalue weighted by atomic mass is 10.1. The highest BCUT2D eigenvalue weighted by molar-refractivity contribution is 6.28. The number of halogens is 1. The Kier molecular flexibility index (Phi) is 5.61. The fourth-order valence-electron chi connectivity index (χ4n) is 2.40. The Morgan fingerprint density at radius 1 is 1.42 bits per heavy atom. The van der Waals surface area contributed by atoms with Crippen LogP contribution in [0.4, 0.5) is 4.79 Å². The summed E-state index contributed by atoms with van der Waals surface area (Å²) in [6.07, 6.45) is 1.02. The highest BCUT2D eigenvalue weighted by Gasteiger charge is 2.36. The molecule has 0 saturated carbocycles. The standard InChI is InChI=1S/C15H21ClN4O4/c1-15(2,3)24-14(23)20-7-6-19(11(9-20)12(21)22)8-10-4-5-17-13(16)18-10/h4-5,11H,6-9H2,1-3H3,(H,21,22). The third-order valence-corrected chi connectivity index (χ3v) is 3.66. The van der Waals surface area contributed by atoms with Crippen LogP contribution in [0.1, 0.15) is 26.5 Å². The predicted molar refractivity (Wildman–Crippen MR) is 86.7 cm³/mol. The SMILES string of the molecule is CC(C)(C)OC(=O)N1CCN(Cc2ccnc(Cl)n2)C(C(=O)O)C1. The van der Waals surface area contributed by atoms with Crippen LogP contribution in [0.25, 0.3) is 0 Å². The van der Waals surface area contributed by atoms with Crippen molar-refractivity contribution >= 4 is 23.7 Å². The first-order valence-electron chi connectivity index (χ1n) is 7.58. The highest BCUT2D eigenvalue weighted by Crippen LogP contribution is 2.17. The molecule has 1 atom stereocenters. The summed E-state index contributed by atoms with van der Waals surface area (Å²) in [6, 6.07) is 0.852. The summed E-state index contributed by atoms with van der Waals surface area (Å²) in [5.74, 6) is -0.997. The quantitative estimate of drug-likeness (QED) is 0.822. The minimum Gasteiger partial charge on any atom is -0.480 e. The van der Waals surface area contributed by atoms with Gasteiger partial charge < -0.3 is 14.7 Å². The maximum Gasteiger partial charge on any atom is 0.410 e. The monoisotopic (exact) mass is 356 g/mol. The smallest absolute Gasteiger partial charge is 0.410 e. The molecule has 0 bridgehead atoms. The van der Waals surface area contributed by atoms with Gasteiger partial charge in [0.05, 0.1) is 12.2 Å². The van der Waals surface area contributed by atoms with E-state index in [-0.39, 0.29) is 11.8 Å². The van der Waals surface area contributed by atoms with Crippen molar-refractivity contribution in [3.05, 3.63) is 23.2 Å². The summed E-state index contributed by atoms with van der Waals surface area (Å²) >= 11 is 5.76. The number of aromatic nitrogens is 2. The van der Waals surface area contributed by atoms with Crippen molar-refractivity contribution < 1.29 is 19.4 Å². The van der Waals surface area contributed by atoms with Crippen LogP contribution >= 0.6 is 11.6 Å². The Hall–Kier alpha value is -1.93. The number of nitrogens with zero attached hydrogens (tertiary/aromatic N) is 4. The number of rotatable bonds is 3. The molecule has 1 unspecified atom stereocenters. The van der Waals surface area contributed by atoms with Crippen molar-refractivity contribution in [2.45, 2.75) is 39.0 Å². The van der Waals surface area contributed by atoms with Gasteiger partial charge in [0, 0.05) is 25.8 Å². The van der Waals surface area contributed by atoms with Crippen LogP contribution in [0.2, 0.25) is 5.28 Å². The number of carbonyl (C=O) groups excluding carboxylic acids is 1. The molecule has 1 aromatic rings. The number of aliphatic carboxylic acids is 1. The first-order chi connectivity index (χ1) is 11.2. The number of amides is 1. The van der Waals surface area contributed by atoms with Gasteiger partial charge in [-0.25, -0.2) is 14.8 Å². The molecule has 1 aliphatic heterocycles. The zero-order valence-corrected chi connectivity index (χ0v) is 14.7. The van der Waals surface area contributed by atoms with Gasteiger partial charge in [-0.2, -0.15) is 0 Å². The number of carbonyl (C=O) groups is 2. The normalized spacial score (nSPS) is 19.2. The third kappa shape index (κ3) is 5.04. The lowest BCUT2D eigenvalue weighted by Gasteiger charge is -2.39. The number of carboxylic acid groups (broad SMARTS) is 1. The van der Waals surface area contributed by atoms with Crippen LogP contribution in [-0.4, -0.2) is 68.2 Å². The Morgan fingerprint density at radius 3 is 2.71 bits per heavy atom. The van der Waals surface area contributed by atoms with Gasteiger partial charge in [0.2, 0.25) is 5.28 Å². The molecule has 2 rings (SSSR count). The lowest BCUT2D eigenvalue weighted by Crippen LogP contribution is -2.57. The summed E-state index contributed by atoms with van der Waals surface area (Å²) in [4.78, 5) is 34.8. The first kappa shape index (κ1) is 18.4. The highest BCUT2D eigenvalue weighted by atomic mass is 35.5. The zero-order valence-electron chi connectivity index (χ0n) is 13.9. The molecule has 9 heteroatoms. The molecular weight excluding hydrogens is 336 g/mol. The molecule has 1 N–H and O–H groups in total. The van der Waals surface area contributed by atoms with Crippen LogP contribution in [0.3, 0.4) is 0 Å². The van der Waals surface area contributed by atoms with Crippen molar-refractivity contribution in [2.75, 3.05) is 19.6 Å². The third-order valence-electron chi connectivity index (χ3n) is 3.48. The Morgan fingerprint density at radius 2 is 2.12 bits per heavy atom. The molecule has 0 aliphatic carbocycles. The number of hydrogen-bond donors (Lipinski definition) is 1. The number of carboxylic acids is 1. The second kappa shape index (κ2) is 7.31. The lowest BCUT2D eigenvalue weighted by molar-refractivity contribution is -0.145. The first-order valence-corrected chi connectivity index (χ1v) is 7.96. The minimum absolute atomic E-state index is 0.0586. The maximum absolute atomic E-state index is 12.1. The van der Waals surface area contributed by atoms with E-state index in [9.17, 15) is 14.7 Å². The predicted octanol–water partition coefficient (Wildman–Crippen LogP) is 1.64. The summed E-state index contributed by atoms with van der Waals surface area (Å²) in [7, 11) is 0. The maximum atomic E-state index is 12.1. The molecule has 24 heavy (non-hydrogen) atoms. The van der Waals surface area contributed by atoms with E-state index in [4.69, 9.17) is 16.3 Å². The van der Waals surface area contributed by atoms with Crippen LogP contribution in [0, 0.1) is 0 Å². The molecule has 8 nitrogen and oxygen atoms in total. The molecule has 2 heterocycles. The second-order valence-corrected chi connectivity index (χ2v) is 6.91. The Balaban J connectivity index is 2.05. The molecule has 1 aromatic heterocycles. The summed E-state index contributed by atoms with van der Waals surface area (Å²) < 4.78 is 5.31. The number of hydrogen-bond acceptors (Lipinski definition) is 6. The minimum atomic E-state index is -0.997. The van der Waals surface area contributed by atoms with Gasteiger partial charge >= 0.3 is 12.1 Å². The van der Waals surface area contributed by atoms with E-state index in [1.807, 2.05) is 0 Å². The number of piperazine rings is 1. The van der Waals surface area contributed by atoms with Crippen LogP contribution in [-0.2, 0) is 16.1 Å². The van der Waals surface area contributed by atoms with Gasteiger partial charge in [-0.3, -0.25) is 9.69 Å². The van der Waals surface area contributed by atoms with E-state index in [1.165, 1.54) is 11.1 Å². The van der Waals surface area contributed by atoms with Gasteiger partial charge in [0.15, 0.2) is 0 Å². The molecule has 1 aliphatic rings. The average Bonchev–Trinajstić information content (AvgIpc) is 2.45. The molecule has 0 aromatic carbocycles. The van der Waals surface area contributed by atoms with E-state index < -0.39 is 23.7 Å². The fourth-order valence-corrected chi connectivity index (χ4v) is 2.57. The van der Waals surface area contributed by atoms with E-state index in [0.717, 1.165) is 0 Å². The Labute approximate surface area is 145 Å². The molecule has 0 radical (unpaired) electrons. The summed E-state index contributed by atoms with van der Waals surface area (Å²) in [5, 5.41) is 9.61.